The maximum atomic E-state index is 5.61. The molecule has 0 aromatic heterocycles. The fourth-order valence-electron chi connectivity index (χ4n) is 1.49. The summed E-state index contributed by atoms with van der Waals surface area (Å²) in [4.78, 5) is 0. The third-order valence-corrected chi connectivity index (χ3v) is 2.10. The van der Waals surface area contributed by atoms with Gasteiger partial charge in [-0.15, -0.1) is 0 Å². The van der Waals surface area contributed by atoms with Crippen molar-refractivity contribution in [2.75, 3.05) is 7.11 Å². The summed E-state index contributed by atoms with van der Waals surface area (Å²) in [5, 5.41) is 3.45. The molecule has 4 nitrogen and oxygen atoms in total. The molecule has 0 amide bonds. The Morgan fingerprint density at radius 2 is 1.79 bits per heavy atom. The summed E-state index contributed by atoms with van der Waals surface area (Å²) in [6.07, 6.45) is 0. The van der Waals surface area contributed by atoms with E-state index in [2.05, 4.69) is 5.10 Å². The SMILES string of the molecule is COc1c(C)cc(/C(N)=N/N)cc1C. The predicted octanol–water partition coefficient (Wildman–Crippen LogP) is 0.891. The van der Waals surface area contributed by atoms with Gasteiger partial charge in [0.25, 0.3) is 0 Å². The number of hydrazone groups is 1. The summed E-state index contributed by atoms with van der Waals surface area (Å²) in [5.41, 5.74) is 8.47. The molecule has 0 aliphatic rings. The van der Waals surface area contributed by atoms with Crippen LogP contribution in [-0.4, -0.2) is 12.9 Å². The quantitative estimate of drug-likeness (QED) is 0.317. The first kappa shape index (κ1) is 10.4. The Morgan fingerprint density at radius 1 is 1.29 bits per heavy atom. The van der Waals surface area contributed by atoms with Gasteiger partial charge in [0.05, 0.1) is 7.11 Å². The molecule has 1 aromatic carbocycles. The Morgan fingerprint density at radius 3 is 2.14 bits per heavy atom. The molecule has 76 valence electrons. The maximum absolute atomic E-state index is 5.61. The number of nitrogens with zero attached hydrogens (tertiary/aromatic N) is 1. The second-order valence-corrected chi connectivity index (χ2v) is 3.16. The lowest BCUT2D eigenvalue weighted by Crippen LogP contribution is -2.16. The van der Waals surface area contributed by atoms with Crippen molar-refractivity contribution < 1.29 is 4.74 Å². The second-order valence-electron chi connectivity index (χ2n) is 3.16. The van der Waals surface area contributed by atoms with E-state index in [0.29, 0.717) is 5.84 Å². The van der Waals surface area contributed by atoms with Gasteiger partial charge in [0.15, 0.2) is 0 Å². The number of aryl methyl sites for hydroxylation is 2. The Balaban J connectivity index is 3.27. The van der Waals surface area contributed by atoms with Gasteiger partial charge in [-0.3, -0.25) is 0 Å². The smallest absolute Gasteiger partial charge is 0.150 e. The topological polar surface area (TPSA) is 73.6 Å². The number of amidine groups is 1. The molecule has 4 N–H and O–H groups in total. The summed E-state index contributed by atoms with van der Waals surface area (Å²) in [5.74, 6) is 6.31. The van der Waals surface area contributed by atoms with Crippen LogP contribution in [-0.2, 0) is 0 Å². The zero-order chi connectivity index (χ0) is 10.7. The van der Waals surface area contributed by atoms with E-state index in [1.54, 1.807) is 7.11 Å². The van der Waals surface area contributed by atoms with Crippen LogP contribution in [0.15, 0.2) is 17.2 Å². The van der Waals surface area contributed by atoms with E-state index in [4.69, 9.17) is 16.3 Å². The van der Waals surface area contributed by atoms with Gasteiger partial charge < -0.3 is 16.3 Å². The van der Waals surface area contributed by atoms with E-state index < -0.39 is 0 Å². The van der Waals surface area contributed by atoms with E-state index in [0.717, 1.165) is 22.4 Å². The van der Waals surface area contributed by atoms with Crippen LogP contribution in [0.1, 0.15) is 16.7 Å². The minimum absolute atomic E-state index is 0.332. The fraction of sp³-hybridized carbons (Fsp3) is 0.300. The highest BCUT2D eigenvalue weighted by Crippen LogP contribution is 2.23. The molecule has 0 atom stereocenters. The van der Waals surface area contributed by atoms with Crippen LogP contribution >= 0.6 is 0 Å². The van der Waals surface area contributed by atoms with E-state index >= 15 is 0 Å². The highest BCUT2D eigenvalue weighted by atomic mass is 16.5. The minimum atomic E-state index is 0.332. The van der Waals surface area contributed by atoms with Gasteiger partial charge in [0.1, 0.15) is 11.6 Å². The van der Waals surface area contributed by atoms with Crippen molar-refractivity contribution in [3.63, 3.8) is 0 Å². The number of rotatable bonds is 2. The van der Waals surface area contributed by atoms with Crippen LogP contribution in [0.2, 0.25) is 0 Å². The number of nitrogens with two attached hydrogens (primary N) is 2. The molecule has 1 rings (SSSR count). The van der Waals surface area contributed by atoms with Gasteiger partial charge in [0, 0.05) is 5.56 Å². The molecule has 0 saturated carbocycles. The van der Waals surface area contributed by atoms with E-state index in [9.17, 15) is 0 Å². The Labute approximate surface area is 83.5 Å². The predicted molar refractivity (Wildman–Crippen MR) is 57.4 cm³/mol. The molecule has 0 aliphatic carbocycles. The molecule has 0 radical (unpaired) electrons. The largest absolute Gasteiger partial charge is 0.496 e. The molecule has 0 heterocycles. The lowest BCUT2D eigenvalue weighted by atomic mass is 10.1. The van der Waals surface area contributed by atoms with Crippen LogP contribution in [0.5, 0.6) is 5.75 Å². The molecule has 0 bridgehead atoms. The normalized spacial score (nSPS) is 11.5. The highest BCUT2D eigenvalue weighted by molar-refractivity contribution is 5.97. The average Bonchev–Trinajstić information content (AvgIpc) is 2.16. The average molecular weight is 193 g/mol. The van der Waals surface area contributed by atoms with Gasteiger partial charge in [-0.2, -0.15) is 5.10 Å². The standard InChI is InChI=1S/C10H15N3O/c1-6-4-8(10(11)13-12)5-7(2)9(6)14-3/h4-5H,12H2,1-3H3,(H2,11,13). The van der Waals surface area contributed by atoms with Crippen molar-refractivity contribution in [3.8, 4) is 5.75 Å². The Bertz CT molecular complexity index is 349. The molecule has 14 heavy (non-hydrogen) atoms. The maximum Gasteiger partial charge on any atom is 0.150 e. The highest BCUT2D eigenvalue weighted by Gasteiger charge is 2.06. The van der Waals surface area contributed by atoms with Crippen LogP contribution in [0.25, 0.3) is 0 Å². The first-order valence-electron chi connectivity index (χ1n) is 4.29. The summed E-state index contributed by atoms with van der Waals surface area (Å²) in [6, 6.07) is 3.80. The van der Waals surface area contributed by atoms with Crippen LogP contribution in [0.4, 0.5) is 0 Å². The molecule has 0 saturated heterocycles. The molecule has 4 heteroatoms. The van der Waals surface area contributed by atoms with Crippen LogP contribution < -0.4 is 16.3 Å². The summed E-state index contributed by atoms with van der Waals surface area (Å²) < 4.78 is 5.23. The molecule has 1 aromatic rings. The number of ether oxygens (including phenoxy) is 1. The molecule has 0 fully saturated rings. The summed E-state index contributed by atoms with van der Waals surface area (Å²) in [7, 11) is 1.65. The Hall–Kier alpha value is -1.71. The number of benzene rings is 1. The number of hydrogen-bond donors (Lipinski definition) is 2. The van der Waals surface area contributed by atoms with Gasteiger partial charge in [-0.25, -0.2) is 0 Å². The summed E-state index contributed by atoms with van der Waals surface area (Å²) in [6.45, 7) is 3.91. The van der Waals surface area contributed by atoms with E-state index in [1.807, 2.05) is 26.0 Å². The first-order chi connectivity index (χ1) is 6.60. The molecular weight excluding hydrogens is 178 g/mol. The zero-order valence-corrected chi connectivity index (χ0v) is 8.66. The minimum Gasteiger partial charge on any atom is -0.496 e. The molecule has 0 aliphatic heterocycles. The zero-order valence-electron chi connectivity index (χ0n) is 8.66. The third-order valence-electron chi connectivity index (χ3n) is 2.10. The van der Waals surface area contributed by atoms with Crippen molar-refractivity contribution in [2.24, 2.45) is 16.7 Å². The number of hydrogen-bond acceptors (Lipinski definition) is 3. The molecule has 0 spiro atoms. The van der Waals surface area contributed by atoms with Crippen molar-refractivity contribution in [2.45, 2.75) is 13.8 Å². The molecule has 0 unspecified atom stereocenters. The van der Waals surface area contributed by atoms with Crippen molar-refractivity contribution in [1.82, 2.24) is 0 Å². The van der Waals surface area contributed by atoms with Gasteiger partial charge >= 0.3 is 0 Å². The van der Waals surface area contributed by atoms with Crippen molar-refractivity contribution >= 4 is 5.84 Å². The van der Waals surface area contributed by atoms with E-state index in [-0.39, 0.29) is 0 Å². The Kier molecular flexibility index (Phi) is 2.96. The molecular formula is C10H15N3O. The van der Waals surface area contributed by atoms with Crippen molar-refractivity contribution in [1.29, 1.82) is 0 Å². The first-order valence-corrected chi connectivity index (χ1v) is 4.29. The lowest BCUT2D eigenvalue weighted by Gasteiger charge is -2.10. The second kappa shape index (κ2) is 4.00. The third kappa shape index (κ3) is 1.79. The lowest BCUT2D eigenvalue weighted by molar-refractivity contribution is 0.408. The number of methoxy groups -OCH3 is 1. The van der Waals surface area contributed by atoms with Gasteiger partial charge in [-0.05, 0) is 37.1 Å². The van der Waals surface area contributed by atoms with Gasteiger partial charge in [0.2, 0.25) is 0 Å². The summed E-state index contributed by atoms with van der Waals surface area (Å²) >= 11 is 0. The van der Waals surface area contributed by atoms with Gasteiger partial charge in [-0.1, -0.05) is 0 Å². The monoisotopic (exact) mass is 193 g/mol. The van der Waals surface area contributed by atoms with Crippen molar-refractivity contribution in [3.05, 3.63) is 28.8 Å². The van der Waals surface area contributed by atoms with Crippen LogP contribution in [0.3, 0.4) is 0 Å². The fourth-order valence-corrected chi connectivity index (χ4v) is 1.49. The van der Waals surface area contributed by atoms with Crippen LogP contribution in [0, 0.1) is 13.8 Å². The van der Waals surface area contributed by atoms with E-state index in [1.165, 1.54) is 0 Å².